The molecule has 0 unspecified atom stereocenters. The highest BCUT2D eigenvalue weighted by molar-refractivity contribution is 5.83. The Bertz CT molecular complexity index is 992. The highest BCUT2D eigenvalue weighted by Gasteiger charge is 2.10. The Hall–Kier alpha value is -3.02. The van der Waals surface area contributed by atoms with Crippen LogP contribution in [0.15, 0.2) is 48.8 Å². The van der Waals surface area contributed by atoms with Crippen molar-refractivity contribution in [2.24, 2.45) is 0 Å². The number of para-hydroxylation sites is 2. The molecule has 6 heteroatoms. The number of hydrogen-bond donors (Lipinski definition) is 1. The first-order valence-corrected chi connectivity index (χ1v) is 6.84. The maximum Gasteiger partial charge on any atom is 0.204 e. The van der Waals surface area contributed by atoms with E-state index in [9.17, 15) is 4.39 Å². The molecule has 0 saturated carbocycles. The molecule has 4 aromatic rings. The van der Waals surface area contributed by atoms with Gasteiger partial charge >= 0.3 is 0 Å². The first-order chi connectivity index (χ1) is 10.7. The monoisotopic (exact) mass is 293 g/mol. The molecule has 0 saturated heterocycles. The topological polar surface area (TPSA) is 55.1 Å². The lowest BCUT2D eigenvalue weighted by atomic mass is 10.2. The van der Waals surface area contributed by atoms with Crippen molar-refractivity contribution in [1.29, 1.82) is 0 Å². The number of fused-ring (bicyclic) bond motifs is 3. The maximum absolute atomic E-state index is 13.7. The van der Waals surface area contributed by atoms with Crippen molar-refractivity contribution in [3.63, 3.8) is 0 Å². The molecule has 0 bridgehead atoms. The quantitative estimate of drug-likeness (QED) is 0.615. The van der Waals surface area contributed by atoms with Gasteiger partial charge < -0.3 is 5.32 Å². The van der Waals surface area contributed by atoms with Crippen LogP contribution < -0.4 is 5.32 Å². The van der Waals surface area contributed by atoms with Gasteiger partial charge in [-0.3, -0.25) is 4.40 Å². The predicted octanol–water partition coefficient (Wildman–Crippen LogP) is 3.47. The maximum atomic E-state index is 13.7. The molecule has 0 aliphatic heterocycles. The van der Waals surface area contributed by atoms with Crippen molar-refractivity contribution in [2.45, 2.75) is 6.92 Å². The summed E-state index contributed by atoms with van der Waals surface area (Å²) in [7, 11) is 0. The van der Waals surface area contributed by atoms with Crippen LogP contribution in [0.5, 0.6) is 0 Å². The molecule has 0 aliphatic rings. The average Bonchev–Trinajstić information content (AvgIpc) is 3.01. The molecule has 0 fully saturated rings. The zero-order valence-electron chi connectivity index (χ0n) is 11.8. The minimum absolute atomic E-state index is 0.261. The van der Waals surface area contributed by atoms with E-state index in [4.69, 9.17) is 0 Å². The fraction of sp³-hybridized carbons (Fsp3) is 0.0625. The van der Waals surface area contributed by atoms with Gasteiger partial charge in [0.25, 0.3) is 0 Å². The third kappa shape index (κ3) is 1.96. The lowest BCUT2D eigenvalue weighted by Crippen LogP contribution is -2.00. The highest BCUT2D eigenvalue weighted by Crippen LogP contribution is 2.24. The number of hydrogen-bond acceptors (Lipinski definition) is 4. The summed E-state index contributed by atoms with van der Waals surface area (Å²) in [6.07, 6.45) is 1.64. The number of aryl methyl sites for hydroxylation is 1. The van der Waals surface area contributed by atoms with Crippen LogP contribution in [0.25, 0.3) is 16.7 Å². The molecule has 2 heterocycles. The van der Waals surface area contributed by atoms with Gasteiger partial charge in [-0.2, -0.15) is 0 Å². The molecule has 5 nitrogen and oxygen atoms in total. The number of nitrogens with zero attached hydrogens (tertiary/aromatic N) is 4. The molecule has 0 radical (unpaired) electrons. The van der Waals surface area contributed by atoms with Crippen LogP contribution in [0.4, 0.5) is 15.9 Å². The van der Waals surface area contributed by atoms with Gasteiger partial charge in [0.1, 0.15) is 12.1 Å². The summed E-state index contributed by atoms with van der Waals surface area (Å²) < 4.78 is 15.6. The van der Waals surface area contributed by atoms with Crippen LogP contribution in [0.2, 0.25) is 0 Å². The van der Waals surface area contributed by atoms with Crippen molar-refractivity contribution < 1.29 is 4.39 Å². The minimum Gasteiger partial charge on any atom is -0.337 e. The van der Waals surface area contributed by atoms with E-state index in [0.717, 1.165) is 11.0 Å². The average molecular weight is 293 g/mol. The van der Waals surface area contributed by atoms with E-state index in [0.29, 0.717) is 22.7 Å². The van der Waals surface area contributed by atoms with Crippen LogP contribution in [0.1, 0.15) is 5.56 Å². The second kappa shape index (κ2) is 4.77. The number of aromatic nitrogens is 4. The SMILES string of the molecule is Cc1ccc(Nc2nc3ccccc3n3cnnc23)cc1F. The van der Waals surface area contributed by atoms with Gasteiger partial charge in [0.05, 0.1) is 11.0 Å². The van der Waals surface area contributed by atoms with E-state index in [1.807, 2.05) is 34.7 Å². The molecular weight excluding hydrogens is 281 g/mol. The number of rotatable bonds is 2. The summed E-state index contributed by atoms with van der Waals surface area (Å²) in [6.45, 7) is 1.73. The summed E-state index contributed by atoms with van der Waals surface area (Å²) in [4.78, 5) is 4.57. The smallest absolute Gasteiger partial charge is 0.204 e. The molecule has 2 aromatic carbocycles. The molecule has 1 N–H and O–H groups in total. The molecular formula is C16H12FN5. The summed E-state index contributed by atoms with van der Waals surface area (Å²) in [5.74, 6) is 0.280. The van der Waals surface area contributed by atoms with Crippen molar-refractivity contribution in [3.8, 4) is 0 Å². The molecule has 108 valence electrons. The van der Waals surface area contributed by atoms with Crippen LogP contribution in [-0.2, 0) is 0 Å². The van der Waals surface area contributed by atoms with E-state index < -0.39 is 0 Å². The van der Waals surface area contributed by atoms with E-state index >= 15 is 0 Å². The van der Waals surface area contributed by atoms with Gasteiger partial charge in [-0.05, 0) is 36.8 Å². The van der Waals surface area contributed by atoms with E-state index in [1.54, 1.807) is 19.3 Å². The third-order valence-corrected chi connectivity index (χ3v) is 3.57. The normalized spacial score (nSPS) is 11.2. The van der Waals surface area contributed by atoms with Crippen LogP contribution >= 0.6 is 0 Å². The summed E-state index contributed by atoms with van der Waals surface area (Å²) in [5, 5.41) is 11.2. The molecule has 22 heavy (non-hydrogen) atoms. The van der Waals surface area contributed by atoms with Crippen LogP contribution in [0.3, 0.4) is 0 Å². The first-order valence-electron chi connectivity index (χ1n) is 6.84. The van der Waals surface area contributed by atoms with Gasteiger partial charge in [-0.1, -0.05) is 18.2 Å². The summed E-state index contributed by atoms with van der Waals surface area (Å²) >= 11 is 0. The number of benzene rings is 2. The molecule has 0 aliphatic carbocycles. The van der Waals surface area contributed by atoms with Crippen LogP contribution in [-0.4, -0.2) is 19.6 Å². The lowest BCUT2D eigenvalue weighted by Gasteiger charge is -2.09. The largest absolute Gasteiger partial charge is 0.337 e. The van der Waals surface area contributed by atoms with Crippen molar-refractivity contribution in [1.82, 2.24) is 19.6 Å². The molecule has 4 rings (SSSR count). The van der Waals surface area contributed by atoms with Crippen LogP contribution in [0, 0.1) is 12.7 Å². The van der Waals surface area contributed by atoms with Gasteiger partial charge in [0, 0.05) is 5.69 Å². The lowest BCUT2D eigenvalue weighted by molar-refractivity contribution is 0.619. The Morgan fingerprint density at radius 1 is 1.14 bits per heavy atom. The Morgan fingerprint density at radius 3 is 2.86 bits per heavy atom. The van der Waals surface area contributed by atoms with E-state index in [-0.39, 0.29) is 5.82 Å². The highest BCUT2D eigenvalue weighted by atomic mass is 19.1. The Balaban J connectivity index is 1.89. The van der Waals surface area contributed by atoms with E-state index in [1.165, 1.54) is 6.07 Å². The van der Waals surface area contributed by atoms with Crippen molar-refractivity contribution in [2.75, 3.05) is 5.32 Å². The number of nitrogens with one attached hydrogen (secondary N) is 1. The Labute approximate surface area is 125 Å². The minimum atomic E-state index is -0.261. The predicted molar refractivity (Wildman–Crippen MR) is 82.7 cm³/mol. The van der Waals surface area contributed by atoms with Crippen molar-refractivity contribution in [3.05, 3.63) is 60.2 Å². The Morgan fingerprint density at radius 2 is 2.00 bits per heavy atom. The first kappa shape index (κ1) is 12.7. The zero-order chi connectivity index (χ0) is 15.1. The molecule has 2 aromatic heterocycles. The second-order valence-electron chi connectivity index (χ2n) is 5.06. The van der Waals surface area contributed by atoms with Gasteiger partial charge in [-0.25, -0.2) is 9.37 Å². The molecule has 0 atom stereocenters. The fourth-order valence-electron chi connectivity index (χ4n) is 2.40. The van der Waals surface area contributed by atoms with Crippen molar-refractivity contribution >= 4 is 28.2 Å². The van der Waals surface area contributed by atoms with Gasteiger partial charge in [-0.15, -0.1) is 10.2 Å². The fourth-order valence-corrected chi connectivity index (χ4v) is 2.40. The zero-order valence-corrected chi connectivity index (χ0v) is 11.8. The summed E-state index contributed by atoms with van der Waals surface area (Å²) in [6, 6.07) is 12.7. The number of anilines is 2. The van der Waals surface area contributed by atoms with E-state index in [2.05, 4.69) is 20.5 Å². The standard InChI is InChI=1S/C16H12FN5/c1-10-6-7-11(8-12(10)17)19-15-16-21-18-9-22(16)14-5-3-2-4-13(14)20-15/h2-9H,1H3,(H,19,20). The summed E-state index contributed by atoms with van der Waals surface area (Å²) in [5.41, 5.74) is 3.55. The number of halogens is 1. The third-order valence-electron chi connectivity index (χ3n) is 3.57. The van der Waals surface area contributed by atoms with Gasteiger partial charge in [0.15, 0.2) is 5.82 Å². The van der Waals surface area contributed by atoms with Gasteiger partial charge in [0.2, 0.25) is 5.65 Å². The Kier molecular flexibility index (Phi) is 2.75. The molecule has 0 amide bonds. The molecule has 0 spiro atoms. The second-order valence-corrected chi connectivity index (χ2v) is 5.06.